The van der Waals surface area contributed by atoms with E-state index in [-0.39, 0.29) is 6.54 Å². The molecule has 0 heterocycles. The van der Waals surface area contributed by atoms with E-state index in [1.807, 2.05) is 0 Å². The van der Waals surface area contributed by atoms with E-state index < -0.39 is 6.09 Å². The van der Waals surface area contributed by atoms with Gasteiger partial charge in [-0.05, 0) is 17.7 Å². The molecule has 1 aromatic rings. The first-order valence-corrected chi connectivity index (χ1v) is 3.75. The van der Waals surface area contributed by atoms with Gasteiger partial charge in [0.25, 0.3) is 0 Å². The largest absolute Gasteiger partial charge is 0.530 e. The summed E-state index contributed by atoms with van der Waals surface area (Å²) in [4.78, 5) is 10.0. The first-order chi connectivity index (χ1) is 5.68. The van der Waals surface area contributed by atoms with Crippen molar-refractivity contribution in [1.29, 1.82) is 0 Å². The van der Waals surface area contributed by atoms with Gasteiger partial charge in [0.15, 0.2) is 0 Å². The maximum atomic E-state index is 10.0. The molecule has 1 rings (SSSR count). The Bertz CT molecular complexity index is 288. The summed E-state index contributed by atoms with van der Waals surface area (Å²) in [6.07, 6.45) is -1.28. The zero-order valence-electron chi connectivity index (χ0n) is 6.21. The lowest BCUT2D eigenvalue weighted by Crippen LogP contribution is -2.35. The van der Waals surface area contributed by atoms with E-state index in [2.05, 4.69) is 5.32 Å². The second kappa shape index (κ2) is 3.97. The number of hydrogen-bond acceptors (Lipinski definition) is 2. The summed E-state index contributed by atoms with van der Waals surface area (Å²) >= 11 is 5.67. The van der Waals surface area contributed by atoms with Crippen LogP contribution in [0.4, 0.5) is 4.79 Å². The van der Waals surface area contributed by atoms with Gasteiger partial charge < -0.3 is 15.2 Å². The van der Waals surface area contributed by atoms with Crippen molar-refractivity contribution in [2.75, 3.05) is 0 Å². The van der Waals surface area contributed by atoms with E-state index in [0.29, 0.717) is 5.02 Å². The molecular weight excluding hydrogens is 178 g/mol. The summed E-state index contributed by atoms with van der Waals surface area (Å²) in [6.45, 7) is 0.225. The highest BCUT2D eigenvalue weighted by molar-refractivity contribution is 6.30. The van der Waals surface area contributed by atoms with Crippen LogP contribution >= 0.6 is 11.6 Å². The zero-order chi connectivity index (χ0) is 8.97. The van der Waals surface area contributed by atoms with Crippen molar-refractivity contribution in [3.63, 3.8) is 0 Å². The van der Waals surface area contributed by atoms with Crippen LogP contribution in [0.5, 0.6) is 0 Å². The van der Waals surface area contributed by atoms with Crippen LogP contribution in [0.1, 0.15) is 5.56 Å². The number of benzene rings is 1. The van der Waals surface area contributed by atoms with Gasteiger partial charge in [0.1, 0.15) is 6.09 Å². The Labute approximate surface area is 75.0 Å². The Morgan fingerprint density at radius 1 is 1.58 bits per heavy atom. The fourth-order valence-corrected chi connectivity index (χ4v) is 1.03. The number of nitrogens with one attached hydrogen (secondary N) is 1. The molecule has 0 spiro atoms. The number of rotatable bonds is 2. The second-order valence-corrected chi connectivity index (χ2v) is 2.71. The normalized spacial score (nSPS) is 9.42. The summed E-state index contributed by atoms with van der Waals surface area (Å²) in [6, 6.07) is 6.96. The first-order valence-electron chi connectivity index (χ1n) is 3.38. The van der Waals surface area contributed by atoms with Gasteiger partial charge in [-0.25, -0.2) is 0 Å². The summed E-state index contributed by atoms with van der Waals surface area (Å²) in [7, 11) is 0. The summed E-state index contributed by atoms with van der Waals surface area (Å²) in [5.74, 6) is 0. The molecule has 0 atom stereocenters. The molecule has 1 aromatic carbocycles. The fraction of sp³-hybridized carbons (Fsp3) is 0.125. The molecule has 0 aliphatic rings. The molecule has 1 amide bonds. The molecule has 0 saturated carbocycles. The molecule has 0 saturated heterocycles. The molecule has 0 bridgehead atoms. The average Bonchev–Trinajstić information content (AvgIpc) is 2.01. The number of hydrogen-bond donors (Lipinski definition) is 1. The minimum Gasteiger partial charge on any atom is -0.530 e. The third kappa shape index (κ3) is 2.80. The lowest BCUT2D eigenvalue weighted by molar-refractivity contribution is -0.251. The maximum absolute atomic E-state index is 10.0. The highest BCUT2D eigenvalue weighted by atomic mass is 35.5. The zero-order valence-corrected chi connectivity index (χ0v) is 6.97. The lowest BCUT2D eigenvalue weighted by Gasteiger charge is -2.05. The van der Waals surface area contributed by atoms with Gasteiger partial charge in [0.2, 0.25) is 0 Å². The maximum Gasteiger partial charge on any atom is 0.134 e. The van der Waals surface area contributed by atoms with Crippen LogP contribution < -0.4 is 10.4 Å². The number of carboxylic acid groups (broad SMARTS) is 1. The van der Waals surface area contributed by atoms with Crippen molar-refractivity contribution >= 4 is 17.7 Å². The molecule has 64 valence electrons. The van der Waals surface area contributed by atoms with Crippen molar-refractivity contribution in [2.45, 2.75) is 6.54 Å². The number of halogens is 1. The van der Waals surface area contributed by atoms with E-state index in [9.17, 15) is 9.90 Å². The molecule has 3 nitrogen and oxygen atoms in total. The van der Waals surface area contributed by atoms with Crippen LogP contribution in [0.25, 0.3) is 0 Å². The molecule has 4 heteroatoms. The second-order valence-electron chi connectivity index (χ2n) is 2.27. The van der Waals surface area contributed by atoms with Crippen molar-refractivity contribution in [1.82, 2.24) is 5.32 Å². The van der Waals surface area contributed by atoms with Gasteiger partial charge in [-0.2, -0.15) is 0 Å². The molecule has 0 aromatic heterocycles. The Morgan fingerprint density at radius 2 is 2.33 bits per heavy atom. The van der Waals surface area contributed by atoms with E-state index in [1.165, 1.54) is 0 Å². The summed E-state index contributed by atoms with van der Waals surface area (Å²) in [5, 5.41) is 12.7. The highest BCUT2D eigenvalue weighted by Crippen LogP contribution is 2.09. The topological polar surface area (TPSA) is 52.2 Å². The monoisotopic (exact) mass is 184 g/mol. The minimum absolute atomic E-state index is 0.225. The molecule has 0 aliphatic heterocycles. The fourth-order valence-electron chi connectivity index (χ4n) is 0.821. The average molecular weight is 185 g/mol. The molecular formula is C8H7ClNO2-. The summed E-state index contributed by atoms with van der Waals surface area (Å²) in [5.41, 5.74) is 0.812. The van der Waals surface area contributed by atoms with Crippen LogP contribution in [0.15, 0.2) is 24.3 Å². The van der Waals surface area contributed by atoms with Crippen molar-refractivity contribution < 1.29 is 9.90 Å². The van der Waals surface area contributed by atoms with Gasteiger partial charge >= 0.3 is 0 Å². The molecule has 1 N–H and O–H groups in total. The van der Waals surface area contributed by atoms with Crippen molar-refractivity contribution in [3.8, 4) is 0 Å². The molecule has 0 radical (unpaired) electrons. The van der Waals surface area contributed by atoms with Crippen LogP contribution in [0.2, 0.25) is 5.02 Å². The lowest BCUT2D eigenvalue weighted by atomic mass is 10.2. The van der Waals surface area contributed by atoms with E-state index >= 15 is 0 Å². The SMILES string of the molecule is O=C([O-])NCc1cccc(Cl)c1. The van der Waals surface area contributed by atoms with Gasteiger partial charge in [0, 0.05) is 11.6 Å². The van der Waals surface area contributed by atoms with Gasteiger partial charge in [0.05, 0.1) is 0 Å². The third-order valence-corrected chi connectivity index (χ3v) is 1.56. The quantitative estimate of drug-likeness (QED) is 0.738. The molecule has 0 unspecified atom stereocenters. The van der Waals surface area contributed by atoms with Gasteiger partial charge in [-0.15, -0.1) is 0 Å². The summed E-state index contributed by atoms with van der Waals surface area (Å²) < 4.78 is 0. The van der Waals surface area contributed by atoms with E-state index in [1.54, 1.807) is 24.3 Å². The van der Waals surface area contributed by atoms with Crippen LogP contribution in [-0.4, -0.2) is 6.09 Å². The third-order valence-electron chi connectivity index (χ3n) is 1.33. The molecule has 0 aliphatic carbocycles. The predicted octanol–water partition coefficient (Wildman–Crippen LogP) is 0.773. The number of amides is 1. The van der Waals surface area contributed by atoms with Gasteiger partial charge in [-0.3, -0.25) is 0 Å². The Kier molecular flexibility index (Phi) is 2.94. The van der Waals surface area contributed by atoms with E-state index in [0.717, 1.165) is 5.56 Å². The standard InChI is InChI=1S/C8H8ClNO2/c9-7-3-1-2-6(4-7)5-10-8(11)12/h1-4,10H,5H2,(H,11,12)/p-1. The predicted molar refractivity (Wildman–Crippen MR) is 43.7 cm³/mol. The highest BCUT2D eigenvalue weighted by Gasteiger charge is 1.92. The van der Waals surface area contributed by atoms with Crippen LogP contribution in [-0.2, 0) is 6.54 Å². The Hall–Kier alpha value is -1.22. The number of carbonyl (C=O) groups is 1. The number of carbonyl (C=O) groups excluding carboxylic acids is 1. The molecule has 0 fully saturated rings. The van der Waals surface area contributed by atoms with E-state index in [4.69, 9.17) is 11.6 Å². The van der Waals surface area contributed by atoms with Crippen molar-refractivity contribution in [2.24, 2.45) is 0 Å². The van der Waals surface area contributed by atoms with Crippen molar-refractivity contribution in [3.05, 3.63) is 34.9 Å². The van der Waals surface area contributed by atoms with Crippen LogP contribution in [0, 0.1) is 0 Å². The first kappa shape index (κ1) is 8.87. The minimum atomic E-state index is -1.28. The van der Waals surface area contributed by atoms with Gasteiger partial charge in [-0.1, -0.05) is 23.7 Å². The smallest absolute Gasteiger partial charge is 0.134 e. The van der Waals surface area contributed by atoms with Crippen LogP contribution in [0.3, 0.4) is 0 Å². The molecule has 12 heavy (non-hydrogen) atoms. The Balaban J connectivity index is 2.57. The Morgan fingerprint density at radius 3 is 2.92 bits per heavy atom.